The Morgan fingerprint density at radius 2 is 2.00 bits per heavy atom. The van der Waals surface area contributed by atoms with Crippen LogP contribution in [0.15, 0.2) is 0 Å². The van der Waals surface area contributed by atoms with Crippen molar-refractivity contribution in [3.63, 3.8) is 0 Å². The molecule has 2 rings (SSSR count). The molecule has 3 nitrogen and oxygen atoms in total. The molecule has 2 saturated carbocycles. The van der Waals surface area contributed by atoms with Gasteiger partial charge in [0.2, 0.25) is 0 Å². The second-order valence-electron chi connectivity index (χ2n) is 5.56. The molecule has 0 aliphatic heterocycles. The van der Waals surface area contributed by atoms with Crippen LogP contribution < -0.4 is 5.73 Å². The van der Waals surface area contributed by atoms with E-state index < -0.39 is 0 Å². The van der Waals surface area contributed by atoms with Gasteiger partial charge < -0.3 is 15.2 Å². The Balaban J connectivity index is 1.76. The molecule has 17 heavy (non-hydrogen) atoms. The Morgan fingerprint density at radius 1 is 1.18 bits per heavy atom. The number of ether oxygens (including phenoxy) is 2. The number of nitrogens with two attached hydrogens (primary N) is 1. The third kappa shape index (κ3) is 3.21. The summed E-state index contributed by atoms with van der Waals surface area (Å²) in [6.45, 7) is 5.05. The van der Waals surface area contributed by atoms with Crippen molar-refractivity contribution in [3.05, 3.63) is 0 Å². The van der Waals surface area contributed by atoms with Crippen LogP contribution >= 0.6 is 0 Å². The lowest BCUT2D eigenvalue weighted by molar-refractivity contribution is -0.167. The van der Waals surface area contributed by atoms with Gasteiger partial charge in [0.15, 0.2) is 0 Å². The standard InChI is InChI=1S/C14H27NO2/c1-3-10-6-5-7-11(8-10)17-13-9-12(15)14(13)16-4-2/h10-14H,3-9,15H2,1-2H3. The van der Waals surface area contributed by atoms with Crippen LogP contribution in [0.25, 0.3) is 0 Å². The van der Waals surface area contributed by atoms with Crippen LogP contribution in [0, 0.1) is 5.92 Å². The second kappa shape index (κ2) is 6.17. The minimum Gasteiger partial charge on any atom is -0.374 e. The van der Waals surface area contributed by atoms with Crippen LogP contribution in [0.2, 0.25) is 0 Å². The molecule has 2 N–H and O–H groups in total. The van der Waals surface area contributed by atoms with E-state index in [0.717, 1.165) is 18.9 Å². The maximum Gasteiger partial charge on any atom is 0.0988 e. The van der Waals surface area contributed by atoms with Gasteiger partial charge in [-0.05, 0) is 32.1 Å². The molecule has 0 radical (unpaired) electrons. The summed E-state index contributed by atoms with van der Waals surface area (Å²) in [7, 11) is 0. The molecule has 0 aromatic rings. The Labute approximate surface area is 105 Å². The normalized spacial score (nSPS) is 42.2. The van der Waals surface area contributed by atoms with Gasteiger partial charge in [0.05, 0.1) is 18.3 Å². The van der Waals surface area contributed by atoms with Gasteiger partial charge in [0.1, 0.15) is 0 Å². The summed E-state index contributed by atoms with van der Waals surface area (Å²) in [5, 5.41) is 0. The predicted molar refractivity (Wildman–Crippen MR) is 68.9 cm³/mol. The zero-order valence-corrected chi connectivity index (χ0v) is 11.2. The number of rotatable bonds is 5. The summed E-state index contributed by atoms with van der Waals surface area (Å²) in [5.74, 6) is 0.869. The van der Waals surface area contributed by atoms with Crippen LogP contribution in [0.5, 0.6) is 0 Å². The zero-order valence-electron chi connectivity index (χ0n) is 11.2. The van der Waals surface area contributed by atoms with E-state index in [1.807, 2.05) is 6.92 Å². The van der Waals surface area contributed by atoms with Crippen LogP contribution in [0.4, 0.5) is 0 Å². The maximum atomic E-state index is 6.19. The topological polar surface area (TPSA) is 44.5 Å². The van der Waals surface area contributed by atoms with Crippen molar-refractivity contribution in [2.45, 2.75) is 76.7 Å². The van der Waals surface area contributed by atoms with Crippen LogP contribution in [-0.4, -0.2) is 31.0 Å². The van der Waals surface area contributed by atoms with Crippen LogP contribution in [0.1, 0.15) is 52.4 Å². The Kier molecular flexibility index (Phi) is 4.83. The first-order chi connectivity index (χ1) is 8.24. The monoisotopic (exact) mass is 241 g/mol. The summed E-state index contributed by atoms with van der Waals surface area (Å²) in [6.07, 6.45) is 8.28. The Morgan fingerprint density at radius 3 is 2.65 bits per heavy atom. The molecule has 0 amide bonds. The van der Waals surface area contributed by atoms with Gasteiger partial charge in [-0.3, -0.25) is 0 Å². The van der Waals surface area contributed by atoms with Crippen molar-refractivity contribution in [1.29, 1.82) is 0 Å². The largest absolute Gasteiger partial charge is 0.374 e. The van der Waals surface area contributed by atoms with E-state index in [2.05, 4.69) is 6.92 Å². The molecule has 3 heteroatoms. The molecule has 2 fully saturated rings. The molecule has 2 aliphatic carbocycles. The van der Waals surface area contributed by atoms with Gasteiger partial charge in [-0.2, -0.15) is 0 Å². The molecular formula is C14H27NO2. The van der Waals surface area contributed by atoms with E-state index in [1.165, 1.54) is 32.1 Å². The fourth-order valence-corrected chi connectivity index (χ4v) is 3.16. The Bertz CT molecular complexity index is 232. The molecule has 0 aromatic carbocycles. The van der Waals surface area contributed by atoms with Gasteiger partial charge >= 0.3 is 0 Å². The summed E-state index contributed by atoms with van der Waals surface area (Å²) >= 11 is 0. The van der Waals surface area contributed by atoms with E-state index in [4.69, 9.17) is 15.2 Å². The molecular weight excluding hydrogens is 214 g/mol. The molecule has 0 heterocycles. The molecule has 0 bridgehead atoms. The van der Waals surface area contributed by atoms with Gasteiger partial charge in [-0.25, -0.2) is 0 Å². The quantitative estimate of drug-likeness (QED) is 0.804. The van der Waals surface area contributed by atoms with E-state index in [-0.39, 0.29) is 18.2 Å². The van der Waals surface area contributed by atoms with E-state index >= 15 is 0 Å². The van der Waals surface area contributed by atoms with Crippen molar-refractivity contribution in [2.24, 2.45) is 11.7 Å². The van der Waals surface area contributed by atoms with E-state index in [0.29, 0.717) is 6.10 Å². The lowest BCUT2D eigenvalue weighted by Gasteiger charge is -2.44. The Hall–Kier alpha value is -0.120. The van der Waals surface area contributed by atoms with Crippen molar-refractivity contribution < 1.29 is 9.47 Å². The summed E-state index contributed by atoms with van der Waals surface area (Å²) in [4.78, 5) is 0. The first-order valence-corrected chi connectivity index (χ1v) is 7.27. The van der Waals surface area contributed by atoms with Crippen LogP contribution in [-0.2, 0) is 9.47 Å². The predicted octanol–water partition coefficient (Wildman–Crippen LogP) is 2.48. The van der Waals surface area contributed by atoms with Crippen LogP contribution in [0.3, 0.4) is 0 Å². The molecule has 5 unspecified atom stereocenters. The van der Waals surface area contributed by atoms with Crippen molar-refractivity contribution in [2.75, 3.05) is 6.61 Å². The van der Waals surface area contributed by atoms with Gasteiger partial charge in [0.25, 0.3) is 0 Å². The maximum absolute atomic E-state index is 6.19. The highest BCUT2D eigenvalue weighted by Gasteiger charge is 2.42. The smallest absolute Gasteiger partial charge is 0.0988 e. The molecule has 0 spiro atoms. The molecule has 0 saturated heterocycles. The van der Waals surface area contributed by atoms with Gasteiger partial charge in [-0.1, -0.05) is 26.2 Å². The lowest BCUT2D eigenvalue weighted by atomic mass is 9.83. The summed E-state index contributed by atoms with van der Waals surface area (Å²) in [5.41, 5.74) is 5.95. The molecule has 100 valence electrons. The molecule has 0 aromatic heterocycles. The summed E-state index contributed by atoms with van der Waals surface area (Å²) < 4.78 is 11.8. The average molecular weight is 241 g/mol. The first kappa shape index (κ1) is 13.3. The minimum atomic E-state index is 0.141. The number of hydrogen-bond acceptors (Lipinski definition) is 3. The first-order valence-electron chi connectivity index (χ1n) is 7.27. The van der Waals surface area contributed by atoms with Gasteiger partial charge in [0, 0.05) is 12.6 Å². The third-order valence-corrected chi connectivity index (χ3v) is 4.33. The zero-order chi connectivity index (χ0) is 12.3. The van der Waals surface area contributed by atoms with Crippen molar-refractivity contribution >= 4 is 0 Å². The van der Waals surface area contributed by atoms with E-state index in [1.54, 1.807) is 0 Å². The molecule has 5 atom stereocenters. The average Bonchev–Trinajstić information content (AvgIpc) is 2.36. The highest BCUT2D eigenvalue weighted by atomic mass is 16.6. The highest BCUT2D eigenvalue weighted by molar-refractivity contribution is 4.96. The lowest BCUT2D eigenvalue weighted by Crippen LogP contribution is -2.59. The minimum absolute atomic E-state index is 0.141. The van der Waals surface area contributed by atoms with Crippen molar-refractivity contribution in [1.82, 2.24) is 0 Å². The third-order valence-electron chi connectivity index (χ3n) is 4.33. The van der Waals surface area contributed by atoms with E-state index in [9.17, 15) is 0 Å². The fraction of sp³-hybridized carbons (Fsp3) is 1.00. The molecule has 2 aliphatic rings. The number of hydrogen-bond donors (Lipinski definition) is 1. The highest BCUT2D eigenvalue weighted by Crippen LogP contribution is 2.33. The second-order valence-corrected chi connectivity index (χ2v) is 5.56. The summed E-state index contributed by atoms with van der Waals surface area (Å²) in [6, 6.07) is 0.186. The van der Waals surface area contributed by atoms with Crippen molar-refractivity contribution in [3.8, 4) is 0 Å². The fourth-order valence-electron chi connectivity index (χ4n) is 3.16. The van der Waals surface area contributed by atoms with Gasteiger partial charge in [-0.15, -0.1) is 0 Å². The SMILES string of the molecule is CCOC1C(N)CC1OC1CCCC(CC)C1.